The van der Waals surface area contributed by atoms with Crippen LogP contribution < -0.4 is 10.6 Å². The number of carbonyl (C=O) groups is 3. The highest BCUT2D eigenvalue weighted by Gasteiger charge is 2.24. The van der Waals surface area contributed by atoms with Crippen molar-refractivity contribution in [2.24, 2.45) is 11.3 Å². The number of rotatable bonds is 6. The molecule has 6 heteroatoms. The molecule has 1 atom stereocenters. The van der Waals surface area contributed by atoms with Crippen LogP contribution in [0.25, 0.3) is 0 Å². The molecule has 0 saturated carbocycles. The standard InChI is InChI=1S/C18H26N2O4/c1-11(2)14(17(23)24)20-16(22)13-8-6-12(7-9-13)15(21)19-10-18(3,4)5/h6-9,11,14H,10H2,1-5H3,(H,19,21)(H,20,22)(H,23,24)/t14-/m0/s1. The summed E-state index contributed by atoms with van der Waals surface area (Å²) in [6, 6.07) is 5.18. The number of hydrogen-bond donors (Lipinski definition) is 3. The quantitative estimate of drug-likeness (QED) is 0.744. The highest BCUT2D eigenvalue weighted by molar-refractivity contribution is 5.99. The van der Waals surface area contributed by atoms with Gasteiger partial charge >= 0.3 is 5.97 Å². The van der Waals surface area contributed by atoms with Crippen LogP contribution in [0.15, 0.2) is 24.3 Å². The van der Waals surface area contributed by atoms with Gasteiger partial charge in [0.1, 0.15) is 6.04 Å². The van der Waals surface area contributed by atoms with Crippen LogP contribution >= 0.6 is 0 Å². The maximum atomic E-state index is 12.1. The Morgan fingerprint density at radius 3 is 1.83 bits per heavy atom. The number of benzene rings is 1. The fourth-order valence-electron chi connectivity index (χ4n) is 1.96. The molecule has 2 amide bonds. The van der Waals surface area contributed by atoms with Crippen LogP contribution in [0.2, 0.25) is 0 Å². The van der Waals surface area contributed by atoms with Crippen LogP contribution in [0.3, 0.4) is 0 Å². The van der Waals surface area contributed by atoms with E-state index in [9.17, 15) is 14.4 Å². The Kier molecular flexibility index (Phi) is 6.51. The Bertz CT molecular complexity index is 600. The summed E-state index contributed by atoms with van der Waals surface area (Å²) >= 11 is 0. The van der Waals surface area contributed by atoms with E-state index < -0.39 is 17.9 Å². The number of carboxylic acids is 1. The summed E-state index contributed by atoms with van der Waals surface area (Å²) in [5.41, 5.74) is 0.752. The molecule has 24 heavy (non-hydrogen) atoms. The fraction of sp³-hybridized carbons (Fsp3) is 0.500. The maximum absolute atomic E-state index is 12.1. The van der Waals surface area contributed by atoms with Gasteiger partial charge in [0.15, 0.2) is 0 Å². The topological polar surface area (TPSA) is 95.5 Å². The molecule has 3 N–H and O–H groups in total. The monoisotopic (exact) mass is 334 g/mol. The summed E-state index contributed by atoms with van der Waals surface area (Å²) in [7, 11) is 0. The van der Waals surface area contributed by atoms with E-state index in [0.717, 1.165) is 0 Å². The molecule has 132 valence electrons. The van der Waals surface area contributed by atoms with Crippen molar-refractivity contribution < 1.29 is 19.5 Å². The van der Waals surface area contributed by atoms with Crippen LogP contribution in [0, 0.1) is 11.3 Å². The lowest BCUT2D eigenvalue weighted by Gasteiger charge is -2.19. The van der Waals surface area contributed by atoms with Crippen LogP contribution in [0.1, 0.15) is 55.3 Å². The number of carboxylic acid groups (broad SMARTS) is 1. The average molecular weight is 334 g/mol. The molecule has 0 spiro atoms. The normalized spacial score (nSPS) is 12.6. The summed E-state index contributed by atoms with van der Waals surface area (Å²) in [4.78, 5) is 35.3. The van der Waals surface area contributed by atoms with Gasteiger partial charge in [0.05, 0.1) is 0 Å². The van der Waals surface area contributed by atoms with Gasteiger partial charge in [-0.15, -0.1) is 0 Å². The highest BCUT2D eigenvalue weighted by Crippen LogP contribution is 2.12. The Morgan fingerprint density at radius 2 is 1.46 bits per heavy atom. The van der Waals surface area contributed by atoms with Gasteiger partial charge in [-0.1, -0.05) is 34.6 Å². The van der Waals surface area contributed by atoms with Crippen molar-refractivity contribution in [1.82, 2.24) is 10.6 Å². The zero-order chi connectivity index (χ0) is 18.5. The smallest absolute Gasteiger partial charge is 0.326 e. The van der Waals surface area contributed by atoms with Crippen LogP contribution in [-0.4, -0.2) is 35.5 Å². The van der Waals surface area contributed by atoms with Gasteiger partial charge < -0.3 is 15.7 Å². The van der Waals surface area contributed by atoms with Crippen molar-refractivity contribution in [3.05, 3.63) is 35.4 Å². The lowest BCUT2D eigenvalue weighted by atomic mass is 9.97. The summed E-state index contributed by atoms with van der Waals surface area (Å²) in [6.07, 6.45) is 0. The van der Waals surface area contributed by atoms with E-state index in [1.54, 1.807) is 26.0 Å². The molecule has 0 aliphatic heterocycles. The Hall–Kier alpha value is -2.37. The summed E-state index contributed by atoms with van der Waals surface area (Å²) < 4.78 is 0. The van der Waals surface area contributed by atoms with Gasteiger partial charge in [0.2, 0.25) is 0 Å². The van der Waals surface area contributed by atoms with Gasteiger partial charge in [0, 0.05) is 17.7 Å². The first-order valence-electron chi connectivity index (χ1n) is 7.93. The molecule has 1 aromatic rings. The summed E-state index contributed by atoms with van der Waals surface area (Å²) in [5, 5.41) is 14.4. The van der Waals surface area contributed by atoms with E-state index in [2.05, 4.69) is 10.6 Å². The molecule has 0 unspecified atom stereocenters. The second-order valence-electron chi connectivity index (χ2n) is 7.35. The average Bonchev–Trinajstić information content (AvgIpc) is 2.48. The molecule has 1 aromatic carbocycles. The number of hydrogen-bond acceptors (Lipinski definition) is 3. The third kappa shape index (κ3) is 6.02. The van der Waals surface area contributed by atoms with Gasteiger partial charge in [-0.05, 0) is 35.6 Å². The van der Waals surface area contributed by atoms with E-state index in [1.807, 2.05) is 20.8 Å². The first kappa shape index (κ1) is 19.7. The molecule has 0 saturated heterocycles. The van der Waals surface area contributed by atoms with Gasteiger partial charge in [-0.25, -0.2) is 4.79 Å². The van der Waals surface area contributed by atoms with E-state index in [4.69, 9.17) is 5.11 Å². The maximum Gasteiger partial charge on any atom is 0.326 e. The predicted octanol–water partition coefficient (Wildman–Crippen LogP) is 2.30. The molecule has 0 bridgehead atoms. The molecule has 1 rings (SSSR count). The number of carbonyl (C=O) groups excluding carboxylic acids is 2. The van der Waals surface area contributed by atoms with Crippen LogP contribution in [-0.2, 0) is 4.79 Å². The van der Waals surface area contributed by atoms with Gasteiger partial charge in [-0.3, -0.25) is 9.59 Å². The lowest BCUT2D eigenvalue weighted by molar-refractivity contribution is -0.140. The molecular weight excluding hydrogens is 308 g/mol. The first-order valence-corrected chi connectivity index (χ1v) is 7.93. The third-order valence-electron chi connectivity index (χ3n) is 3.41. The molecule has 0 heterocycles. The molecule has 6 nitrogen and oxygen atoms in total. The molecule has 0 radical (unpaired) electrons. The van der Waals surface area contributed by atoms with Crippen molar-refractivity contribution in [3.8, 4) is 0 Å². The summed E-state index contributed by atoms with van der Waals surface area (Å²) in [6.45, 7) is 10.1. The minimum atomic E-state index is -1.07. The van der Waals surface area contributed by atoms with E-state index in [1.165, 1.54) is 12.1 Å². The molecule has 0 aliphatic carbocycles. The van der Waals surface area contributed by atoms with E-state index in [0.29, 0.717) is 17.7 Å². The first-order chi connectivity index (χ1) is 11.0. The second kappa shape index (κ2) is 7.95. The largest absolute Gasteiger partial charge is 0.480 e. The van der Waals surface area contributed by atoms with E-state index in [-0.39, 0.29) is 17.2 Å². The highest BCUT2D eigenvalue weighted by atomic mass is 16.4. The van der Waals surface area contributed by atoms with Crippen LogP contribution in [0.4, 0.5) is 0 Å². The molecule has 0 fully saturated rings. The van der Waals surface area contributed by atoms with Gasteiger partial charge in [0.25, 0.3) is 11.8 Å². The third-order valence-corrected chi connectivity index (χ3v) is 3.41. The SMILES string of the molecule is CC(C)[C@H](NC(=O)c1ccc(C(=O)NCC(C)(C)C)cc1)C(=O)O. The zero-order valence-corrected chi connectivity index (χ0v) is 14.8. The number of aliphatic carboxylic acids is 1. The van der Waals surface area contributed by atoms with E-state index >= 15 is 0 Å². The predicted molar refractivity (Wildman–Crippen MR) is 92.0 cm³/mol. The minimum Gasteiger partial charge on any atom is -0.480 e. The van der Waals surface area contributed by atoms with Crippen molar-refractivity contribution in [2.75, 3.05) is 6.54 Å². The van der Waals surface area contributed by atoms with Crippen LogP contribution in [0.5, 0.6) is 0 Å². The van der Waals surface area contributed by atoms with Gasteiger partial charge in [-0.2, -0.15) is 0 Å². The van der Waals surface area contributed by atoms with Crippen molar-refractivity contribution >= 4 is 17.8 Å². The number of nitrogens with one attached hydrogen (secondary N) is 2. The van der Waals surface area contributed by atoms with Crippen molar-refractivity contribution in [3.63, 3.8) is 0 Å². The second-order valence-corrected chi connectivity index (χ2v) is 7.35. The lowest BCUT2D eigenvalue weighted by Crippen LogP contribution is -2.44. The Labute approximate surface area is 142 Å². The Balaban J connectivity index is 2.74. The zero-order valence-electron chi connectivity index (χ0n) is 14.8. The molecular formula is C18H26N2O4. The van der Waals surface area contributed by atoms with Crippen molar-refractivity contribution in [1.29, 1.82) is 0 Å². The van der Waals surface area contributed by atoms with Crippen molar-refractivity contribution in [2.45, 2.75) is 40.7 Å². The summed E-state index contributed by atoms with van der Waals surface area (Å²) in [5.74, 6) is -1.98. The number of amides is 2. The fourth-order valence-corrected chi connectivity index (χ4v) is 1.96. The minimum absolute atomic E-state index is 0.0157. The Morgan fingerprint density at radius 1 is 1.00 bits per heavy atom. The molecule has 0 aliphatic rings. The molecule has 0 aromatic heterocycles.